The van der Waals surface area contributed by atoms with E-state index in [1.165, 1.54) is 44.6 Å². The molecule has 1 heterocycles. The Morgan fingerprint density at radius 2 is 2.00 bits per heavy atom. The largest absolute Gasteiger partial charge is 0.506 e. The quantitative estimate of drug-likeness (QED) is 0.311. The average Bonchev–Trinajstić information content (AvgIpc) is 2.77. The van der Waals surface area contributed by atoms with E-state index in [0.29, 0.717) is 29.8 Å². The number of phenols is 1. The number of hydrogen-bond acceptors (Lipinski definition) is 7. The molecule has 1 aliphatic rings. The van der Waals surface area contributed by atoms with E-state index in [4.69, 9.17) is 9.47 Å². The standard InChI is InChI=1S/C22H22N2O6/c1-29-18-13-19(30-2)21(22(26)20(18)15-8-10-23-11-9-15)17(25)7-6-14-4-3-5-16(12-14)24(27)28/h3-8,12-13,23,26H,9-11H2,1-2H3/b7-6+. The lowest BCUT2D eigenvalue weighted by molar-refractivity contribution is -0.384. The number of nitrogens with one attached hydrogen (secondary N) is 1. The molecule has 2 aromatic carbocycles. The minimum atomic E-state index is -0.503. The minimum absolute atomic E-state index is 0.00872. The van der Waals surface area contributed by atoms with Gasteiger partial charge in [-0.1, -0.05) is 24.3 Å². The van der Waals surface area contributed by atoms with E-state index in [0.717, 1.165) is 12.1 Å². The molecule has 3 rings (SSSR count). The van der Waals surface area contributed by atoms with Gasteiger partial charge in [-0.2, -0.15) is 0 Å². The zero-order valence-corrected chi connectivity index (χ0v) is 16.7. The van der Waals surface area contributed by atoms with E-state index in [-0.39, 0.29) is 22.7 Å². The zero-order valence-electron chi connectivity index (χ0n) is 16.7. The van der Waals surface area contributed by atoms with Gasteiger partial charge in [-0.25, -0.2) is 0 Å². The van der Waals surface area contributed by atoms with Crippen LogP contribution in [0.15, 0.2) is 42.5 Å². The Bertz CT molecular complexity index is 1040. The lowest BCUT2D eigenvalue weighted by Crippen LogP contribution is -2.20. The number of nitrogens with zero attached hydrogens (tertiary/aromatic N) is 1. The number of aromatic hydroxyl groups is 1. The Kier molecular flexibility index (Phi) is 6.48. The zero-order chi connectivity index (χ0) is 21.7. The van der Waals surface area contributed by atoms with Gasteiger partial charge >= 0.3 is 0 Å². The summed E-state index contributed by atoms with van der Waals surface area (Å²) in [6, 6.07) is 7.49. The van der Waals surface area contributed by atoms with Crippen LogP contribution in [0.2, 0.25) is 0 Å². The Balaban J connectivity index is 2.03. The van der Waals surface area contributed by atoms with Gasteiger partial charge in [-0.05, 0) is 30.2 Å². The molecule has 8 heteroatoms. The van der Waals surface area contributed by atoms with E-state index >= 15 is 0 Å². The molecule has 2 N–H and O–H groups in total. The number of phenolic OH excluding ortho intramolecular Hbond substituents is 1. The molecular weight excluding hydrogens is 388 g/mol. The molecule has 2 aromatic rings. The summed E-state index contributed by atoms with van der Waals surface area (Å²) in [6.07, 6.45) is 5.33. The maximum atomic E-state index is 12.9. The number of carbonyl (C=O) groups is 1. The van der Waals surface area contributed by atoms with Crippen molar-refractivity contribution in [1.82, 2.24) is 5.32 Å². The fourth-order valence-corrected chi connectivity index (χ4v) is 3.34. The molecule has 0 saturated heterocycles. The minimum Gasteiger partial charge on any atom is -0.506 e. The van der Waals surface area contributed by atoms with Crippen molar-refractivity contribution in [2.45, 2.75) is 6.42 Å². The van der Waals surface area contributed by atoms with Crippen LogP contribution in [-0.4, -0.2) is 43.1 Å². The third-order valence-corrected chi connectivity index (χ3v) is 4.81. The van der Waals surface area contributed by atoms with E-state index in [1.54, 1.807) is 12.1 Å². The Morgan fingerprint density at radius 1 is 1.23 bits per heavy atom. The number of hydrogen-bond donors (Lipinski definition) is 2. The van der Waals surface area contributed by atoms with Crippen molar-refractivity contribution in [3.05, 3.63) is 69.3 Å². The molecule has 0 bridgehead atoms. The molecule has 0 saturated carbocycles. The molecule has 0 unspecified atom stereocenters. The van der Waals surface area contributed by atoms with Gasteiger partial charge in [-0.3, -0.25) is 14.9 Å². The Morgan fingerprint density at radius 3 is 2.63 bits per heavy atom. The van der Waals surface area contributed by atoms with E-state index in [1.807, 2.05) is 6.08 Å². The first-order valence-corrected chi connectivity index (χ1v) is 9.31. The molecule has 0 aliphatic carbocycles. The number of ether oxygens (including phenoxy) is 2. The summed E-state index contributed by atoms with van der Waals surface area (Å²) in [6.45, 7) is 1.40. The highest BCUT2D eigenvalue weighted by molar-refractivity contribution is 6.11. The highest BCUT2D eigenvalue weighted by Gasteiger charge is 2.25. The maximum absolute atomic E-state index is 12.9. The summed E-state index contributed by atoms with van der Waals surface area (Å²) in [5, 5.41) is 25.1. The first-order valence-electron chi connectivity index (χ1n) is 9.31. The highest BCUT2D eigenvalue weighted by atomic mass is 16.6. The SMILES string of the molecule is COc1cc(OC)c(C2=CCNCC2)c(O)c1C(=O)/C=C/c1cccc([N+](=O)[O-])c1. The van der Waals surface area contributed by atoms with Gasteiger partial charge in [0.25, 0.3) is 5.69 Å². The second-order valence-electron chi connectivity index (χ2n) is 6.61. The van der Waals surface area contributed by atoms with Crippen molar-refractivity contribution in [3.63, 3.8) is 0 Å². The molecule has 156 valence electrons. The van der Waals surface area contributed by atoms with Crippen LogP contribution in [0.1, 0.15) is 27.9 Å². The Labute approximate surface area is 173 Å². The van der Waals surface area contributed by atoms with Crippen LogP contribution >= 0.6 is 0 Å². The number of nitro benzene ring substituents is 1. The second-order valence-corrected chi connectivity index (χ2v) is 6.61. The first kappa shape index (κ1) is 21.1. The normalized spacial score (nSPS) is 13.7. The van der Waals surface area contributed by atoms with Crippen LogP contribution in [0.25, 0.3) is 11.6 Å². The third-order valence-electron chi connectivity index (χ3n) is 4.81. The maximum Gasteiger partial charge on any atom is 0.270 e. The van der Waals surface area contributed by atoms with Gasteiger partial charge in [0, 0.05) is 24.7 Å². The summed E-state index contributed by atoms with van der Waals surface area (Å²) >= 11 is 0. The topological polar surface area (TPSA) is 111 Å². The molecule has 0 atom stereocenters. The van der Waals surface area contributed by atoms with Gasteiger partial charge in [0.05, 0.1) is 24.7 Å². The third kappa shape index (κ3) is 4.33. The molecule has 0 amide bonds. The monoisotopic (exact) mass is 410 g/mol. The highest BCUT2D eigenvalue weighted by Crippen LogP contribution is 2.43. The van der Waals surface area contributed by atoms with E-state index in [2.05, 4.69) is 5.32 Å². The fourth-order valence-electron chi connectivity index (χ4n) is 3.34. The van der Waals surface area contributed by atoms with Gasteiger partial charge in [-0.15, -0.1) is 0 Å². The predicted octanol–water partition coefficient (Wildman–Crippen LogP) is 3.59. The fraction of sp³-hybridized carbons (Fsp3) is 0.227. The average molecular weight is 410 g/mol. The summed E-state index contributed by atoms with van der Waals surface area (Å²) in [5.41, 5.74) is 1.77. The van der Waals surface area contributed by atoms with Gasteiger partial charge in [0.1, 0.15) is 22.8 Å². The lowest BCUT2D eigenvalue weighted by Gasteiger charge is -2.20. The van der Waals surface area contributed by atoms with Crippen LogP contribution in [0.4, 0.5) is 5.69 Å². The summed E-state index contributed by atoms with van der Waals surface area (Å²) in [5.74, 6) is -0.115. The molecule has 1 aliphatic heterocycles. The predicted molar refractivity (Wildman–Crippen MR) is 113 cm³/mol. The van der Waals surface area contributed by atoms with Crippen molar-refractivity contribution in [2.75, 3.05) is 27.3 Å². The molecular formula is C22H22N2O6. The first-order chi connectivity index (χ1) is 14.5. The smallest absolute Gasteiger partial charge is 0.270 e. The lowest BCUT2D eigenvalue weighted by atomic mass is 9.93. The van der Waals surface area contributed by atoms with Crippen LogP contribution in [-0.2, 0) is 0 Å². The van der Waals surface area contributed by atoms with Crippen LogP contribution in [0, 0.1) is 10.1 Å². The van der Waals surface area contributed by atoms with Gasteiger partial charge < -0.3 is 19.9 Å². The van der Waals surface area contributed by atoms with Crippen molar-refractivity contribution < 1.29 is 24.3 Å². The van der Waals surface area contributed by atoms with Crippen LogP contribution in [0.5, 0.6) is 17.2 Å². The van der Waals surface area contributed by atoms with Gasteiger partial charge in [0.15, 0.2) is 5.78 Å². The molecule has 0 fully saturated rings. The molecule has 8 nitrogen and oxygen atoms in total. The van der Waals surface area contributed by atoms with Crippen molar-refractivity contribution in [3.8, 4) is 17.2 Å². The molecule has 30 heavy (non-hydrogen) atoms. The number of carbonyl (C=O) groups excluding carboxylic acids is 1. The van der Waals surface area contributed by atoms with Crippen LogP contribution in [0.3, 0.4) is 0 Å². The Hall–Kier alpha value is -3.65. The molecule has 0 radical (unpaired) electrons. The van der Waals surface area contributed by atoms with E-state index in [9.17, 15) is 20.0 Å². The summed E-state index contributed by atoms with van der Waals surface area (Å²) in [7, 11) is 2.89. The number of ketones is 1. The number of methoxy groups -OCH3 is 2. The van der Waals surface area contributed by atoms with Crippen molar-refractivity contribution in [1.29, 1.82) is 0 Å². The molecule has 0 spiro atoms. The van der Waals surface area contributed by atoms with Crippen molar-refractivity contribution in [2.24, 2.45) is 0 Å². The number of rotatable bonds is 7. The summed E-state index contributed by atoms with van der Waals surface area (Å²) in [4.78, 5) is 23.4. The summed E-state index contributed by atoms with van der Waals surface area (Å²) < 4.78 is 10.7. The number of benzene rings is 2. The van der Waals surface area contributed by atoms with Crippen molar-refractivity contribution >= 4 is 23.1 Å². The number of allylic oxidation sites excluding steroid dienone is 1. The van der Waals surface area contributed by atoms with E-state index < -0.39 is 10.7 Å². The second kappa shape index (κ2) is 9.23. The van der Waals surface area contributed by atoms with Crippen LogP contribution < -0.4 is 14.8 Å². The number of non-ortho nitro benzene ring substituents is 1. The number of nitro groups is 1. The molecule has 0 aromatic heterocycles. The van der Waals surface area contributed by atoms with Gasteiger partial charge in [0.2, 0.25) is 0 Å².